The molecule has 2 unspecified atom stereocenters. The molecule has 1 aliphatic carbocycles. The van der Waals surface area contributed by atoms with Crippen LogP contribution in [-0.2, 0) is 0 Å². The third-order valence-corrected chi connectivity index (χ3v) is 4.98. The number of thiophene rings is 1. The second-order valence-corrected chi connectivity index (χ2v) is 6.48. The van der Waals surface area contributed by atoms with Crippen molar-refractivity contribution >= 4 is 11.3 Å². The van der Waals surface area contributed by atoms with Crippen LogP contribution in [0.4, 0.5) is 0 Å². The summed E-state index contributed by atoms with van der Waals surface area (Å²) in [4.78, 5) is 1.38. The van der Waals surface area contributed by atoms with Crippen LogP contribution in [0.1, 0.15) is 50.4 Å². The van der Waals surface area contributed by atoms with E-state index in [0.717, 1.165) is 0 Å². The van der Waals surface area contributed by atoms with E-state index in [-0.39, 0.29) is 0 Å². The van der Waals surface area contributed by atoms with E-state index in [0.29, 0.717) is 17.4 Å². The van der Waals surface area contributed by atoms with Gasteiger partial charge in [0, 0.05) is 4.88 Å². The molecule has 0 aliphatic heterocycles. The molecule has 3 heteroatoms. The van der Waals surface area contributed by atoms with Crippen LogP contribution in [0, 0.1) is 11.3 Å². The van der Waals surface area contributed by atoms with E-state index in [1.165, 1.54) is 30.6 Å². The molecule has 0 bridgehead atoms. The molecule has 1 aromatic rings. The molecule has 0 radical (unpaired) electrons. The first-order valence-electron chi connectivity index (χ1n) is 6.15. The maximum atomic E-state index is 5.77. The van der Waals surface area contributed by atoms with Gasteiger partial charge in [0.1, 0.15) is 0 Å². The first kappa shape index (κ1) is 12.1. The van der Waals surface area contributed by atoms with E-state index in [2.05, 4.69) is 36.8 Å². The van der Waals surface area contributed by atoms with Crippen molar-refractivity contribution in [3.8, 4) is 0 Å². The molecule has 1 fully saturated rings. The summed E-state index contributed by atoms with van der Waals surface area (Å²) < 4.78 is 0. The maximum absolute atomic E-state index is 5.77. The highest BCUT2D eigenvalue weighted by Crippen LogP contribution is 2.47. The molecule has 0 saturated heterocycles. The third-order valence-electron chi connectivity index (χ3n) is 4.02. The maximum Gasteiger partial charge on any atom is 0.0586 e. The fourth-order valence-corrected chi connectivity index (χ4v) is 3.85. The van der Waals surface area contributed by atoms with Crippen molar-refractivity contribution in [2.24, 2.45) is 17.2 Å². The summed E-state index contributed by atoms with van der Waals surface area (Å²) in [6, 6.07) is 4.63. The molecule has 0 spiro atoms. The molecule has 2 rings (SSSR count). The zero-order chi connectivity index (χ0) is 11.6. The first-order chi connectivity index (χ1) is 7.65. The molecule has 1 heterocycles. The molecule has 90 valence electrons. The number of rotatable bonds is 3. The fourth-order valence-electron chi connectivity index (χ4n) is 3.00. The van der Waals surface area contributed by atoms with Crippen molar-refractivity contribution < 1.29 is 0 Å². The minimum absolute atomic E-state index is 0.329. The Morgan fingerprint density at radius 1 is 1.50 bits per heavy atom. The van der Waals surface area contributed by atoms with Crippen LogP contribution >= 0.6 is 11.3 Å². The van der Waals surface area contributed by atoms with Crippen LogP contribution in [-0.4, -0.2) is 0 Å². The van der Waals surface area contributed by atoms with Crippen molar-refractivity contribution in [1.29, 1.82) is 0 Å². The molecule has 2 nitrogen and oxygen atoms in total. The Hall–Kier alpha value is -0.380. The van der Waals surface area contributed by atoms with Gasteiger partial charge in [-0.3, -0.25) is 11.3 Å². The first-order valence-corrected chi connectivity index (χ1v) is 7.02. The molecule has 2 atom stereocenters. The second-order valence-electron chi connectivity index (χ2n) is 5.50. The molecule has 3 N–H and O–H groups in total. The lowest BCUT2D eigenvalue weighted by Crippen LogP contribution is -2.41. The van der Waals surface area contributed by atoms with Gasteiger partial charge in [0.2, 0.25) is 0 Å². The van der Waals surface area contributed by atoms with E-state index in [1.807, 2.05) is 11.3 Å². The smallest absolute Gasteiger partial charge is 0.0586 e. The Bertz CT molecular complexity index is 319. The Morgan fingerprint density at radius 3 is 2.88 bits per heavy atom. The normalized spacial score (nSPS) is 26.6. The van der Waals surface area contributed by atoms with Crippen LogP contribution in [0.5, 0.6) is 0 Å². The summed E-state index contributed by atoms with van der Waals surface area (Å²) in [6.07, 6.45) is 5.32. The number of hydrogen-bond donors (Lipinski definition) is 2. The highest BCUT2D eigenvalue weighted by atomic mass is 32.1. The minimum atomic E-state index is 0.329. The van der Waals surface area contributed by atoms with Gasteiger partial charge in [-0.05, 0) is 35.6 Å². The summed E-state index contributed by atoms with van der Waals surface area (Å²) in [5.74, 6) is 6.43. The van der Waals surface area contributed by atoms with Crippen LogP contribution in [0.3, 0.4) is 0 Å². The number of nitrogens with one attached hydrogen (secondary N) is 1. The number of nitrogens with two attached hydrogens (primary N) is 1. The summed E-state index contributed by atoms with van der Waals surface area (Å²) in [5, 5.41) is 2.13. The van der Waals surface area contributed by atoms with Gasteiger partial charge in [0.25, 0.3) is 0 Å². The standard InChI is InChI=1S/C13H22N2S/c1-13(2)8-4-3-6-10(13)12(15-14)11-7-5-9-16-11/h5,7,9-10,12,15H,3-4,6,8,14H2,1-2H3. The molecular formula is C13H22N2S. The highest BCUT2D eigenvalue weighted by Gasteiger charge is 2.38. The summed E-state index contributed by atoms with van der Waals surface area (Å²) in [5.41, 5.74) is 3.44. The molecular weight excluding hydrogens is 216 g/mol. The molecule has 1 aliphatic rings. The minimum Gasteiger partial charge on any atom is -0.271 e. The van der Waals surface area contributed by atoms with E-state index in [9.17, 15) is 0 Å². The lowest BCUT2D eigenvalue weighted by molar-refractivity contribution is 0.0995. The van der Waals surface area contributed by atoms with E-state index in [1.54, 1.807) is 0 Å². The summed E-state index contributed by atoms with van der Waals surface area (Å²) in [7, 11) is 0. The van der Waals surface area contributed by atoms with Crippen LogP contribution in [0.25, 0.3) is 0 Å². The lowest BCUT2D eigenvalue weighted by atomic mass is 9.66. The lowest BCUT2D eigenvalue weighted by Gasteiger charge is -2.42. The van der Waals surface area contributed by atoms with Crippen molar-refractivity contribution in [3.63, 3.8) is 0 Å². The number of hydrazine groups is 1. The SMILES string of the molecule is CC1(C)CCCCC1C(NN)c1cccs1. The largest absolute Gasteiger partial charge is 0.271 e. The van der Waals surface area contributed by atoms with Gasteiger partial charge >= 0.3 is 0 Å². The van der Waals surface area contributed by atoms with E-state index < -0.39 is 0 Å². The van der Waals surface area contributed by atoms with Gasteiger partial charge in [-0.25, -0.2) is 0 Å². The molecule has 0 amide bonds. The van der Waals surface area contributed by atoms with Gasteiger partial charge in [-0.15, -0.1) is 11.3 Å². The highest BCUT2D eigenvalue weighted by molar-refractivity contribution is 7.10. The van der Waals surface area contributed by atoms with Gasteiger partial charge in [0.05, 0.1) is 6.04 Å². The summed E-state index contributed by atoms with van der Waals surface area (Å²) >= 11 is 1.81. The number of hydrogen-bond acceptors (Lipinski definition) is 3. The third kappa shape index (κ3) is 2.31. The van der Waals surface area contributed by atoms with Gasteiger partial charge in [-0.1, -0.05) is 32.8 Å². The van der Waals surface area contributed by atoms with Crippen LogP contribution < -0.4 is 11.3 Å². The molecule has 1 aromatic heterocycles. The van der Waals surface area contributed by atoms with Crippen molar-refractivity contribution in [1.82, 2.24) is 5.43 Å². The molecule has 0 aromatic carbocycles. The van der Waals surface area contributed by atoms with Gasteiger partial charge in [-0.2, -0.15) is 0 Å². The van der Waals surface area contributed by atoms with E-state index >= 15 is 0 Å². The average Bonchev–Trinajstić information content (AvgIpc) is 2.75. The van der Waals surface area contributed by atoms with Crippen LogP contribution in [0.15, 0.2) is 17.5 Å². The van der Waals surface area contributed by atoms with Crippen molar-refractivity contribution in [2.45, 2.75) is 45.6 Å². The fraction of sp³-hybridized carbons (Fsp3) is 0.692. The zero-order valence-electron chi connectivity index (χ0n) is 10.2. The Morgan fingerprint density at radius 2 is 2.31 bits per heavy atom. The van der Waals surface area contributed by atoms with Crippen molar-refractivity contribution in [2.75, 3.05) is 0 Å². The Balaban J connectivity index is 2.20. The average molecular weight is 238 g/mol. The van der Waals surface area contributed by atoms with Crippen molar-refractivity contribution in [3.05, 3.63) is 22.4 Å². The predicted octanol–water partition coefficient (Wildman–Crippen LogP) is 3.47. The Labute approximate surface area is 102 Å². The second kappa shape index (κ2) is 4.86. The van der Waals surface area contributed by atoms with Crippen LogP contribution in [0.2, 0.25) is 0 Å². The monoisotopic (exact) mass is 238 g/mol. The molecule has 1 saturated carbocycles. The Kier molecular flexibility index (Phi) is 3.67. The van der Waals surface area contributed by atoms with Gasteiger partial charge < -0.3 is 0 Å². The topological polar surface area (TPSA) is 38.0 Å². The quantitative estimate of drug-likeness (QED) is 0.625. The molecule has 16 heavy (non-hydrogen) atoms. The summed E-state index contributed by atoms with van der Waals surface area (Å²) in [6.45, 7) is 4.77. The van der Waals surface area contributed by atoms with Gasteiger partial charge in [0.15, 0.2) is 0 Å². The zero-order valence-corrected chi connectivity index (χ0v) is 11.0. The predicted molar refractivity (Wildman–Crippen MR) is 70.1 cm³/mol. The van der Waals surface area contributed by atoms with E-state index in [4.69, 9.17) is 5.84 Å².